The lowest BCUT2D eigenvalue weighted by Crippen LogP contribution is -2.45. The first-order valence-corrected chi connectivity index (χ1v) is 11.0. The van der Waals surface area contributed by atoms with Crippen molar-refractivity contribution >= 4 is 37.3 Å². The van der Waals surface area contributed by atoms with Crippen LogP contribution in [0, 0.1) is 5.82 Å². The third kappa shape index (κ3) is 4.59. The van der Waals surface area contributed by atoms with Gasteiger partial charge in [0.25, 0.3) is 10.0 Å². The Bertz CT molecular complexity index is 960. The molecule has 0 radical (unpaired) electrons. The normalized spacial score (nSPS) is 20.1. The maximum Gasteiger partial charge on any atom is 0.265 e. The lowest BCUT2D eigenvalue weighted by molar-refractivity contribution is -0.00539. The van der Waals surface area contributed by atoms with Crippen molar-refractivity contribution in [3.8, 4) is 5.75 Å². The average molecular weight is 473 g/mol. The molecule has 28 heavy (non-hydrogen) atoms. The minimum Gasteiger partial charge on any atom is -0.495 e. The fourth-order valence-electron chi connectivity index (χ4n) is 3.27. The van der Waals surface area contributed by atoms with E-state index in [2.05, 4.69) is 20.7 Å². The maximum absolute atomic E-state index is 14.7. The van der Waals surface area contributed by atoms with Crippen LogP contribution in [0.3, 0.4) is 0 Å². The van der Waals surface area contributed by atoms with Crippen molar-refractivity contribution in [2.45, 2.75) is 31.0 Å². The van der Waals surface area contributed by atoms with E-state index in [-0.39, 0.29) is 28.5 Å². The molecule has 0 amide bonds. The van der Waals surface area contributed by atoms with E-state index in [1.54, 1.807) is 24.3 Å². The SMILES string of the molecule is COc1ccc(Br)cc1S(=O)(=O)Nc1ccc(N2C[C@@H](C)O[C@H](C)C2)c(F)c1. The van der Waals surface area contributed by atoms with E-state index in [4.69, 9.17) is 9.47 Å². The van der Waals surface area contributed by atoms with Gasteiger partial charge < -0.3 is 14.4 Å². The number of nitrogens with zero attached hydrogens (tertiary/aromatic N) is 1. The van der Waals surface area contributed by atoms with Gasteiger partial charge in [0.1, 0.15) is 16.5 Å². The second kappa shape index (κ2) is 8.26. The van der Waals surface area contributed by atoms with Gasteiger partial charge in [-0.15, -0.1) is 0 Å². The second-order valence-corrected chi connectivity index (χ2v) is 9.30. The molecule has 0 spiro atoms. The van der Waals surface area contributed by atoms with Gasteiger partial charge >= 0.3 is 0 Å². The van der Waals surface area contributed by atoms with Crippen LogP contribution in [0.4, 0.5) is 15.8 Å². The molecule has 1 saturated heterocycles. The molecule has 1 aliphatic rings. The molecule has 2 aromatic rings. The van der Waals surface area contributed by atoms with Crippen molar-refractivity contribution in [1.82, 2.24) is 0 Å². The summed E-state index contributed by atoms with van der Waals surface area (Å²) in [5.41, 5.74) is 0.558. The van der Waals surface area contributed by atoms with Crippen LogP contribution < -0.4 is 14.4 Å². The Morgan fingerprint density at radius 2 is 1.86 bits per heavy atom. The summed E-state index contributed by atoms with van der Waals surface area (Å²) in [6.07, 6.45) is -0.0179. The number of anilines is 2. The Morgan fingerprint density at radius 3 is 2.46 bits per heavy atom. The molecule has 1 N–H and O–H groups in total. The molecule has 2 aromatic carbocycles. The van der Waals surface area contributed by atoms with E-state index in [1.807, 2.05) is 18.7 Å². The third-order valence-corrected chi connectivity index (χ3v) is 6.27. The van der Waals surface area contributed by atoms with E-state index >= 15 is 0 Å². The summed E-state index contributed by atoms with van der Waals surface area (Å²) in [6.45, 7) is 5.02. The highest BCUT2D eigenvalue weighted by atomic mass is 79.9. The first kappa shape index (κ1) is 20.9. The number of benzene rings is 2. The molecular weight excluding hydrogens is 451 g/mol. The zero-order valence-electron chi connectivity index (χ0n) is 15.8. The maximum atomic E-state index is 14.7. The molecule has 0 bridgehead atoms. The number of sulfonamides is 1. The van der Waals surface area contributed by atoms with Gasteiger partial charge in [0.05, 0.1) is 30.7 Å². The summed E-state index contributed by atoms with van der Waals surface area (Å²) in [5, 5.41) is 0. The standard InChI is InChI=1S/C19H22BrFN2O4S/c1-12-10-23(11-13(2)27-12)17-6-5-15(9-16(17)21)22-28(24,25)19-8-14(20)4-7-18(19)26-3/h4-9,12-13,22H,10-11H2,1-3H3/t12-,13-/m1/s1. The predicted molar refractivity (Wildman–Crippen MR) is 110 cm³/mol. The van der Waals surface area contributed by atoms with Gasteiger partial charge in [-0.1, -0.05) is 15.9 Å². The zero-order chi connectivity index (χ0) is 20.5. The van der Waals surface area contributed by atoms with Gasteiger partial charge in [0.15, 0.2) is 0 Å². The Kier molecular flexibility index (Phi) is 6.16. The molecule has 0 aliphatic carbocycles. The third-order valence-electron chi connectivity index (χ3n) is 4.38. The Balaban J connectivity index is 1.86. The summed E-state index contributed by atoms with van der Waals surface area (Å²) < 4.78 is 54.1. The molecule has 1 fully saturated rings. The summed E-state index contributed by atoms with van der Waals surface area (Å²) in [6, 6.07) is 8.96. The summed E-state index contributed by atoms with van der Waals surface area (Å²) >= 11 is 3.25. The molecular formula is C19H22BrFN2O4S. The fourth-order valence-corrected chi connectivity index (χ4v) is 5.03. The molecule has 152 valence electrons. The van der Waals surface area contributed by atoms with Crippen LogP contribution in [0.25, 0.3) is 0 Å². The molecule has 9 heteroatoms. The predicted octanol–water partition coefficient (Wildman–Crippen LogP) is 4.01. The molecule has 1 aliphatic heterocycles. The largest absolute Gasteiger partial charge is 0.495 e. The van der Waals surface area contributed by atoms with Crippen molar-refractivity contribution in [3.63, 3.8) is 0 Å². The van der Waals surface area contributed by atoms with Crippen molar-refractivity contribution < 1.29 is 22.3 Å². The van der Waals surface area contributed by atoms with Gasteiger partial charge in [-0.25, -0.2) is 12.8 Å². The summed E-state index contributed by atoms with van der Waals surface area (Å²) in [4.78, 5) is 1.87. The zero-order valence-corrected chi connectivity index (χ0v) is 18.2. The van der Waals surface area contributed by atoms with Crippen molar-refractivity contribution in [1.29, 1.82) is 0 Å². The van der Waals surface area contributed by atoms with E-state index < -0.39 is 15.8 Å². The topological polar surface area (TPSA) is 67.9 Å². The van der Waals surface area contributed by atoms with Crippen LogP contribution in [0.2, 0.25) is 0 Å². The second-order valence-electron chi connectivity index (χ2n) is 6.73. The van der Waals surface area contributed by atoms with Crippen LogP contribution in [-0.2, 0) is 14.8 Å². The smallest absolute Gasteiger partial charge is 0.265 e. The fraction of sp³-hybridized carbons (Fsp3) is 0.368. The average Bonchev–Trinajstić information content (AvgIpc) is 2.60. The molecule has 2 atom stereocenters. The Labute approximate surface area is 172 Å². The van der Waals surface area contributed by atoms with Crippen molar-refractivity contribution in [2.24, 2.45) is 0 Å². The van der Waals surface area contributed by atoms with Gasteiger partial charge in [-0.3, -0.25) is 4.72 Å². The van der Waals surface area contributed by atoms with E-state index in [0.717, 1.165) is 0 Å². The number of nitrogens with one attached hydrogen (secondary N) is 1. The number of halogens is 2. The van der Waals surface area contributed by atoms with Gasteiger partial charge in [-0.2, -0.15) is 0 Å². The Hall–Kier alpha value is -1.84. The van der Waals surface area contributed by atoms with Crippen LogP contribution in [0.15, 0.2) is 45.8 Å². The number of ether oxygens (including phenoxy) is 2. The highest BCUT2D eigenvalue weighted by Gasteiger charge is 2.25. The number of methoxy groups -OCH3 is 1. The highest BCUT2D eigenvalue weighted by Crippen LogP contribution is 2.31. The number of morpholine rings is 1. The molecule has 1 heterocycles. The first-order chi connectivity index (χ1) is 13.2. The number of rotatable bonds is 5. The van der Waals surface area contributed by atoms with Gasteiger partial charge in [0.2, 0.25) is 0 Å². The molecule has 0 unspecified atom stereocenters. The molecule has 0 aromatic heterocycles. The first-order valence-electron chi connectivity index (χ1n) is 8.76. The lowest BCUT2D eigenvalue weighted by Gasteiger charge is -2.37. The van der Waals surface area contributed by atoms with Crippen LogP contribution >= 0.6 is 15.9 Å². The van der Waals surface area contributed by atoms with Crippen molar-refractivity contribution in [3.05, 3.63) is 46.7 Å². The van der Waals surface area contributed by atoms with Crippen LogP contribution in [0.1, 0.15) is 13.8 Å². The lowest BCUT2D eigenvalue weighted by atomic mass is 10.2. The molecule has 0 saturated carbocycles. The molecule has 3 rings (SSSR count). The minimum atomic E-state index is -3.96. The summed E-state index contributed by atoms with van der Waals surface area (Å²) in [7, 11) is -2.57. The minimum absolute atomic E-state index is 0.00896. The highest BCUT2D eigenvalue weighted by molar-refractivity contribution is 9.10. The Morgan fingerprint density at radius 1 is 1.18 bits per heavy atom. The van der Waals surface area contributed by atoms with Crippen LogP contribution in [0.5, 0.6) is 5.75 Å². The van der Waals surface area contributed by atoms with Gasteiger partial charge in [0, 0.05) is 23.6 Å². The van der Waals surface area contributed by atoms with Crippen molar-refractivity contribution in [2.75, 3.05) is 29.8 Å². The number of hydrogen-bond donors (Lipinski definition) is 1. The summed E-state index contributed by atoms with van der Waals surface area (Å²) in [5.74, 6) is -0.299. The number of hydrogen-bond acceptors (Lipinski definition) is 5. The quantitative estimate of drug-likeness (QED) is 0.711. The van der Waals surface area contributed by atoms with E-state index in [9.17, 15) is 12.8 Å². The molecule has 6 nitrogen and oxygen atoms in total. The van der Waals surface area contributed by atoms with Gasteiger partial charge in [-0.05, 0) is 44.2 Å². The van der Waals surface area contributed by atoms with E-state index in [1.165, 1.54) is 19.2 Å². The monoisotopic (exact) mass is 472 g/mol. The van der Waals surface area contributed by atoms with E-state index in [0.29, 0.717) is 23.2 Å². The van der Waals surface area contributed by atoms with Crippen LogP contribution in [-0.4, -0.2) is 40.8 Å².